The number of anilines is 1. The number of benzene rings is 3. The molecular weight excluding hydrogens is 813 g/mol. The molecule has 0 saturated carbocycles. The number of halogens is 2. The second-order valence-corrected chi connectivity index (χ2v) is 15.5. The normalized spacial score (nSPS) is 16.9. The van der Waals surface area contributed by atoms with Crippen molar-refractivity contribution in [3.63, 3.8) is 0 Å². The van der Waals surface area contributed by atoms with Crippen molar-refractivity contribution in [2.45, 2.75) is 50.5 Å². The number of nitrogens with zero attached hydrogens (tertiary/aromatic N) is 5. The van der Waals surface area contributed by atoms with Crippen molar-refractivity contribution in [3.8, 4) is 11.8 Å². The summed E-state index contributed by atoms with van der Waals surface area (Å²) < 4.78 is 20.4. The molecule has 61 heavy (non-hydrogen) atoms. The number of H-pyrrole nitrogens is 1. The van der Waals surface area contributed by atoms with E-state index in [9.17, 15) is 38.3 Å². The van der Waals surface area contributed by atoms with Crippen LogP contribution in [0.5, 0.6) is 5.88 Å². The largest absolute Gasteiger partial charge is 0.493 e. The average molecular weight is 854 g/mol. The van der Waals surface area contributed by atoms with Crippen LogP contribution in [0.1, 0.15) is 69.1 Å². The number of imidazole rings is 1. The van der Waals surface area contributed by atoms with Crippen molar-refractivity contribution in [2.24, 2.45) is 0 Å². The smallest absolute Gasteiger partial charge is 0.264 e. The molecule has 0 spiro atoms. The SMILES string of the molecule is O=C(COCC(=O)N1CCC(c2nn(-c3nc4cc(Cl)ccc4[nH]3)c(O)c2CCc2ccc(F)cc2)CC1)NCCNc1cccc2c1C(=O)N(C1CCC(=O)NC1=O)C2=O. The first-order chi connectivity index (χ1) is 29.4. The molecule has 1 atom stereocenters. The number of aryl methyl sites for hydroxylation is 1. The van der Waals surface area contributed by atoms with E-state index in [4.69, 9.17) is 21.4 Å². The van der Waals surface area contributed by atoms with E-state index >= 15 is 0 Å². The number of nitrogens with one attached hydrogen (secondary N) is 4. The summed E-state index contributed by atoms with van der Waals surface area (Å²) in [6, 6.07) is 15.1. The van der Waals surface area contributed by atoms with Crippen molar-refractivity contribution in [1.29, 1.82) is 0 Å². The van der Waals surface area contributed by atoms with Gasteiger partial charge in [0.1, 0.15) is 25.1 Å². The number of ether oxygens (including phenoxy) is 1. The molecule has 17 nitrogen and oxygen atoms in total. The molecule has 316 valence electrons. The van der Waals surface area contributed by atoms with Crippen LogP contribution in [0.25, 0.3) is 17.0 Å². The number of rotatable bonds is 14. The highest BCUT2D eigenvalue weighted by Gasteiger charge is 2.45. The Hall–Kier alpha value is -6.66. The lowest BCUT2D eigenvalue weighted by Crippen LogP contribution is -2.54. The maximum atomic E-state index is 13.6. The van der Waals surface area contributed by atoms with Gasteiger partial charge in [-0.05, 0) is 80.1 Å². The standard InChI is InChI=1S/C42H41ClFN9O8/c43-25-7-11-29-31(20-25)48-42(47-29)53-40(59)28(10-6-23-4-8-26(44)9-5-23)37(50-53)24-14-18-51(19-15-24)35(56)22-61-21-34(55)46-17-16-45-30-3-1-2-27-36(30)41(60)52(39(27)58)32-12-13-33(54)49-38(32)57/h1-5,7-9,11,20,24,32,45,59H,6,10,12-19,21-22H2,(H,46,55)(H,47,48)(H,49,54,57). The average Bonchev–Trinajstić information content (AvgIpc) is 3.90. The van der Waals surface area contributed by atoms with Crippen LogP contribution in [0.3, 0.4) is 0 Å². The fraction of sp³-hybridized carbons (Fsp3) is 0.333. The van der Waals surface area contributed by atoms with Gasteiger partial charge in [0, 0.05) is 54.8 Å². The first-order valence-electron chi connectivity index (χ1n) is 19.9. The van der Waals surface area contributed by atoms with Gasteiger partial charge in [0.25, 0.3) is 11.8 Å². The summed E-state index contributed by atoms with van der Waals surface area (Å²) in [5, 5.41) is 24.8. The van der Waals surface area contributed by atoms with E-state index < -0.39 is 35.6 Å². The number of hydrogen-bond donors (Lipinski definition) is 5. The van der Waals surface area contributed by atoms with E-state index in [1.54, 1.807) is 47.4 Å². The zero-order chi connectivity index (χ0) is 42.8. The number of fused-ring (bicyclic) bond motifs is 2. The van der Waals surface area contributed by atoms with E-state index in [2.05, 4.69) is 25.9 Å². The molecular formula is C42H41ClFN9O8. The maximum absolute atomic E-state index is 13.6. The first-order valence-corrected chi connectivity index (χ1v) is 20.2. The van der Waals surface area contributed by atoms with Gasteiger partial charge in [0.15, 0.2) is 0 Å². The van der Waals surface area contributed by atoms with E-state index in [0.29, 0.717) is 72.2 Å². The van der Waals surface area contributed by atoms with E-state index in [1.807, 2.05) is 0 Å². The molecule has 0 radical (unpaired) electrons. The lowest BCUT2D eigenvalue weighted by Gasteiger charge is -2.31. The zero-order valence-electron chi connectivity index (χ0n) is 32.7. The van der Waals surface area contributed by atoms with Gasteiger partial charge in [0.05, 0.1) is 27.9 Å². The molecule has 3 aliphatic rings. The number of carbonyl (C=O) groups excluding carboxylic acids is 6. The summed E-state index contributed by atoms with van der Waals surface area (Å²) >= 11 is 6.17. The van der Waals surface area contributed by atoms with Crippen LogP contribution < -0.4 is 16.0 Å². The lowest BCUT2D eigenvalue weighted by atomic mass is 9.89. The highest BCUT2D eigenvalue weighted by molar-refractivity contribution is 6.31. The molecule has 3 aliphatic heterocycles. The van der Waals surface area contributed by atoms with E-state index in [0.717, 1.165) is 16.0 Å². The summed E-state index contributed by atoms with van der Waals surface area (Å²) in [7, 11) is 0. The van der Waals surface area contributed by atoms with Gasteiger partial charge >= 0.3 is 0 Å². The quantitative estimate of drug-likeness (QED) is 0.0805. The van der Waals surface area contributed by atoms with Gasteiger partial charge in [0.2, 0.25) is 35.5 Å². The van der Waals surface area contributed by atoms with E-state index in [-0.39, 0.29) is 73.8 Å². The molecule has 5 aromatic rings. The molecule has 2 saturated heterocycles. The molecule has 0 bridgehead atoms. The summed E-state index contributed by atoms with van der Waals surface area (Å²) in [5.74, 6) is -3.31. The minimum atomic E-state index is -1.09. The topological polar surface area (TPSA) is 221 Å². The fourth-order valence-corrected chi connectivity index (χ4v) is 8.16. The number of aromatic hydroxyl groups is 1. The highest BCUT2D eigenvalue weighted by atomic mass is 35.5. The van der Waals surface area contributed by atoms with E-state index in [1.165, 1.54) is 22.9 Å². The number of likely N-dealkylation sites (tertiary alicyclic amines) is 1. The molecule has 3 aromatic carbocycles. The number of imide groups is 2. The van der Waals surface area contributed by atoms with Crippen LogP contribution in [0.2, 0.25) is 5.02 Å². The second-order valence-electron chi connectivity index (χ2n) is 15.0. The van der Waals surface area contributed by atoms with Gasteiger partial charge in [-0.1, -0.05) is 29.8 Å². The monoisotopic (exact) mass is 853 g/mol. The molecule has 2 fully saturated rings. The van der Waals surface area contributed by atoms with Gasteiger partial charge in [-0.25, -0.2) is 9.37 Å². The second kappa shape index (κ2) is 17.5. The van der Waals surface area contributed by atoms with Crippen LogP contribution >= 0.6 is 11.6 Å². The third kappa shape index (κ3) is 8.67. The molecule has 19 heteroatoms. The molecule has 0 aliphatic carbocycles. The lowest BCUT2D eigenvalue weighted by molar-refractivity contribution is -0.139. The van der Waals surface area contributed by atoms with Crippen molar-refractivity contribution >= 4 is 63.8 Å². The van der Waals surface area contributed by atoms with Crippen LogP contribution in [0.15, 0.2) is 60.7 Å². The molecule has 6 amide bonds. The fourth-order valence-electron chi connectivity index (χ4n) is 8.00. The van der Waals surface area contributed by atoms with Gasteiger partial charge in [-0.15, -0.1) is 0 Å². The Morgan fingerprint density at radius 1 is 0.951 bits per heavy atom. The molecule has 5 heterocycles. The number of carbonyl (C=O) groups is 6. The van der Waals surface area contributed by atoms with Crippen LogP contribution in [0.4, 0.5) is 10.1 Å². The molecule has 2 aromatic heterocycles. The third-order valence-corrected chi connectivity index (χ3v) is 11.4. The number of hydrogen-bond acceptors (Lipinski definition) is 11. The molecule has 1 unspecified atom stereocenters. The Morgan fingerprint density at radius 2 is 1.74 bits per heavy atom. The van der Waals surface area contributed by atoms with Gasteiger partial charge < -0.3 is 30.4 Å². The highest BCUT2D eigenvalue weighted by Crippen LogP contribution is 2.36. The minimum absolute atomic E-state index is 0.0127. The third-order valence-electron chi connectivity index (χ3n) is 11.1. The van der Waals surface area contributed by atoms with Crippen molar-refractivity contribution in [3.05, 3.63) is 99.5 Å². The Kier molecular flexibility index (Phi) is 11.8. The van der Waals surface area contributed by atoms with Crippen LogP contribution in [-0.4, -0.2) is 116 Å². The molecule has 8 rings (SSSR count). The summed E-state index contributed by atoms with van der Waals surface area (Å²) in [6.45, 7) is 0.462. The first kappa shape index (κ1) is 41.1. The number of amides is 6. The van der Waals surface area contributed by atoms with Gasteiger partial charge in [-0.3, -0.25) is 39.0 Å². The zero-order valence-corrected chi connectivity index (χ0v) is 33.5. The number of aromatic nitrogens is 4. The predicted octanol–water partition coefficient (Wildman–Crippen LogP) is 3.38. The summed E-state index contributed by atoms with van der Waals surface area (Å²) in [4.78, 5) is 86.4. The minimum Gasteiger partial charge on any atom is -0.493 e. The maximum Gasteiger partial charge on any atom is 0.264 e. The number of piperidine rings is 2. The Balaban J connectivity index is 0.813. The Labute approximate surface area is 352 Å². The summed E-state index contributed by atoms with van der Waals surface area (Å²) in [5.41, 5.74) is 4.17. The van der Waals surface area contributed by atoms with Gasteiger partial charge in [-0.2, -0.15) is 9.78 Å². The van der Waals surface area contributed by atoms with Crippen molar-refractivity contribution < 1.29 is 43.0 Å². The molecule has 5 N–H and O–H groups in total. The predicted molar refractivity (Wildman–Crippen MR) is 218 cm³/mol. The Bertz CT molecular complexity index is 2550. The number of aromatic amines is 1. The summed E-state index contributed by atoms with van der Waals surface area (Å²) in [6.07, 6.45) is 2.15. The van der Waals surface area contributed by atoms with Crippen LogP contribution in [-0.2, 0) is 36.8 Å². The van der Waals surface area contributed by atoms with Crippen molar-refractivity contribution in [2.75, 3.05) is 44.7 Å². The van der Waals surface area contributed by atoms with Crippen molar-refractivity contribution in [1.82, 2.24) is 40.2 Å². The van der Waals surface area contributed by atoms with Crippen LogP contribution in [0, 0.1) is 5.82 Å². The Morgan fingerprint density at radius 3 is 2.51 bits per heavy atom.